The molecule has 1 heterocycles. The van der Waals surface area contributed by atoms with E-state index in [-0.39, 0.29) is 0 Å². The van der Waals surface area contributed by atoms with Gasteiger partial charge in [0.1, 0.15) is 0 Å². The van der Waals surface area contributed by atoms with E-state index in [4.69, 9.17) is 5.73 Å². The van der Waals surface area contributed by atoms with Gasteiger partial charge in [-0.25, -0.2) is 4.79 Å². The summed E-state index contributed by atoms with van der Waals surface area (Å²) in [4.78, 5) is 34.0. The van der Waals surface area contributed by atoms with Gasteiger partial charge < -0.3 is 5.73 Å². The molecule has 2 N–H and O–H groups in total. The molecule has 0 aromatic carbocycles. The van der Waals surface area contributed by atoms with E-state index in [1.807, 2.05) is 0 Å². The fourth-order valence-electron chi connectivity index (χ4n) is 1.78. The van der Waals surface area contributed by atoms with Gasteiger partial charge in [0.05, 0.1) is 0 Å². The Balaban J connectivity index is 2.40. The Labute approximate surface area is 74.2 Å². The lowest BCUT2D eigenvalue weighted by Crippen LogP contribution is -2.41. The predicted octanol–water partition coefficient (Wildman–Crippen LogP) is -0.0856. The van der Waals surface area contributed by atoms with Crippen LogP contribution in [0.5, 0.6) is 0 Å². The first-order chi connectivity index (χ1) is 6.13. The molecule has 0 unspecified atom stereocenters. The van der Waals surface area contributed by atoms with Gasteiger partial charge >= 0.3 is 6.03 Å². The summed E-state index contributed by atoms with van der Waals surface area (Å²) in [6, 6.07) is -0.982. The van der Waals surface area contributed by atoms with E-state index in [1.54, 1.807) is 0 Å². The first-order valence-corrected chi connectivity index (χ1v) is 4.03. The molecule has 0 aromatic rings. The lowest BCUT2D eigenvalue weighted by Gasteiger charge is -2.10. The first kappa shape index (κ1) is 7.97. The van der Waals surface area contributed by atoms with E-state index in [0.29, 0.717) is 28.9 Å². The Morgan fingerprint density at radius 1 is 1.15 bits per heavy atom. The fourth-order valence-corrected chi connectivity index (χ4v) is 1.78. The normalized spacial score (nSPS) is 21.4. The van der Waals surface area contributed by atoms with Crippen molar-refractivity contribution in [1.82, 2.24) is 4.90 Å². The van der Waals surface area contributed by atoms with Crippen molar-refractivity contribution in [2.24, 2.45) is 5.73 Å². The van der Waals surface area contributed by atoms with E-state index in [1.165, 1.54) is 0 Å². The van der Waals surface area contributed by atoms with Gasteiger partial charge in [-0.05, 0) is 19.3 Å². The van der Waals surface area contributed by atoms with Crippen LogP contribution in [0.4, 0.5) is 4.79 Å². The van der Waals surface area contributed by atoms with Gasteiger partial charge in [-0.1, -0.05) is 0 Å². The van der Waals surface area contributed by atoms with E-state index in [0.717, 1.165) is 6.42 Å². The molecule has 5 nitrogen and oxygen atoms in total. The van der Waals surface area contributed by atoms with Gasteiger partial charge in [0.2, 0.25) is 0 Å². The monoisotopic (exact) mass is 180 g/mol. The molecule has 5 heteroatoms. The third kappa shape index (κ3) is 0.898. The minimum absolute atomic E-state index is 0.476. The number of hydrogen-bond donors (Lipinski definition) is 1. The largest absolute Gasteiger partial charge is 0.351 e. The Kier molecular flexibility index (Phi) is 1.48. The number of primary amides is 1. The Hall–Kier alpha value is -1.65. The maximum absolute atomic E-state index is 11.4. The fraction of sp³-hybridized carbons (Fsp3) is 0.375. The molecule has 68 valence electrons. The maximum Gasteiger partial charge on any atom is 0.328 e. The highest BCUT2D eigenvalue weighted by Gasteiger charge is 2.42. The van der Waals surface area contributed by atoms with Crippen LogP contribution in [0.15, 0.2) is 11.1 Å². The number of nitrogens with zero attached hydrogens (tertiary/aromatic N) is 1. The molecule has 1 aliphatic heterocycles. The van der Waals surface area contributed by atoms with E-state index >= 15 is 0 Å². The Morgan fingerprint density at radius 3 is 2.00 bits per heavy atom. The zero-order chi connectivity index (χ0) is 9.59. The average Bonchev–Trinajstić information content (AvgIpc) is 2.56. The van der Waals surface area contributed by atoms with Crippen molar-refractivity contribution in [3.8, 4) is 0 Å². The molecule has 0 bridgehead atoms. The van der Waals surface area contributed by atoms with Crippen LogP contribution < -0.4 is 5.73 Å². The lowest BCUT2D eigenvalue weighted by atomic mass is 10.2. The molecule has 13 heavy (non-hydrogen) atoms. The smallest absolute Gasteiger partial charge is 0.328 e. The van der Waals surface area contributed by atoms with Crippen LogP contribution in [0, 0.1) is 0 Å². The number of imide groups is 3. The number of rotatable bonds is 0. The molecule has 0 aromatic heterocycles. The highest BCUT2D eigenvalue weighted by atomic mass is 16.2. The first-order valence-electron chi connectivity index (χ1n) is 4.03. The number of urea groups is 1. The van der Waals surface area contributed by atoms with Crippen LogP contribution in [-0.4, -0.2) is 22.7 Å². The summed E-state index contributed by atoms with van der Waals surface area (Å²) in [5.74, 6) is -1.05. The summed E-state index contributed by atoms with van der Waals surface area (Å²) in [5, 5.41) is 0. The van der Waals surface area contributed by atoms with Gasteiger partial charge in [0.15, 0.2) is 0 Å². The second-order valence-electron chi connectivity index (χ2n) is 3.09. The van der Waals surface area contributed by atoms with Crippen molar-refractivity contribution in [3.63, 3.8) is 0 Å². The van der Waals surface area contributed by atoms with Crippen molar-refractivity contribution in [1.29, 1.82) is 0 Å². The Bertz CT molecular complexity index is 330. The summed E-state index contributed by atoms with van der Waals surface area (Å²) in [6.07, 6.45) is 1.99. The zero-order valence-electron chi connectivity index (χ0n) is 6.87. The summed E-state index contributed by atoms with van der Waals surface area (Å²) >= 11 is 0. The van der Waals surface area contributed by atoms with Crippen molar-refractivity contribution in [2.45, 2.75) is 19.3 Å². The highest BCUT2D eigenvalue weighted by molar-refractivity contribution is 6.27. The van der Waals surface area contributed by atoms with Gasteiger partial charge in [-0.2, -0.15) is 4.90 Å². The third-order valence-electron chi connectivity index (χ3n) is 2.36. The standard InChI is InChI=1S/C8H8N2O3/c9-8(13)10-6(11)4-2-1-3-5(4)7(10)12/h1-3H2,(H2,9,13). The van der Waals surface area contributed by atoms with Crippen LogP contribution in [0.2, 0.25) is 0 Å². The molecule has 0 saturated heterocycles. The van der Waals surface area contributed by atoms with Crippen LogP contribution in [-0.2, 0) is 9.59 Å². The van der Waals surface area contributed by atoms with Crippen LogP contribution in [0.25, 0.3) is 0 Å². The number of amides is 4. The van der Waals surface area contributed by atoms with Crippen molar-refractivity contribution in [3.05, 3.63) is 11.1 Å². The molecular formula is C8H8N2O3. The van der Waals surface area contributed by atoms with Crippen LogP contribution in [0.3, 0.4) is 0 Å². The molecule has 4 amide bonds. The van der Waals surface area contributed by atoms with Gasteiger partial charge in [-0.15, -0.1) is 0 Å². The molecule has 0 radical (unpaired) electrons. The van der Waals surface area contributed by atoms with Crippen LogP contribution >= 0.6 is 0 Å². The summed E-state index contributed by atoms with van der Waals surface area (Å²) in [6.45, 7) is 0. The molecular weight excluding hydrogens is 172 g/mol. The predicted molar refractivity (Wildman–Crippen MR) is 42.3 cm³/mol. The second kappa shape index (κ2) is 2.42. The molecule has 1 aliphatic carbocycles. The highest BCUT2D eigenvalue weighted by Crippen LogP contribution is 2.33. The summed E-state index contributed by atoms with van der Waals surface area (Å²) in [7, 11) is 0. The minimum Gasteiger partial charge on any atom is -0.351 e. The molecule has 2 rings (SSSR count). The number of nitrogens with two attached hydrogens (primary N) is 1. The van der Waals surface area contributed by atoms with E-state index < -0.39 is 17.8 Å². The van der Waals surface area contributed by atoms with Gasteiger partial charge in [-0.3, -0.25) is 9.59 Å². The van der Waals surface area contributed by atoms with Gasteiger partial charge in [0, 0.05) is 11.1 Å². The minimum atomic E-state index is -0.982. The van der Waals surface area contributed by atoms with Crippen molar-refractivity contribution < 1.29 is 14.4 Å². The SMILES string of the molecule is NC(=O)N1C(=O)C2=C(CCC2)C1=O. The van der Waals surface area contributed by atoms with Crippen molar-refractivity contribution >= 4 is 17.8 Å². The third-order valence-corrected chi connectivity index (χ3v) is 2.36. The van der Waals surface area contributed by atoms with E-state index in [2.05, 4.69) is 0 Å². The lowest BCUT2D eigenvalue weighted by molar-refractivity contribution is -0.134. The topological polar surface area (TPSA) is 80.5 Å². The van der Waals surface area contributed by atoms with Crippen LogP contribution in [0.1, 0.15) is 19.3 Å². The molecule has 0 saturated carbocycles. The molecule has 0 atom stereocenters. The molecule has 2 aliphatic rings. The van der Waals surface area contributed by atoms with E-state index in [9.17, 15) is 14.4 Å². The number of hydrogen-bond acceptors (Lipinski definition) is 3. The molecule has 0 fully saturated rings. The second-order valence-corrected chi connectivity index (χ2v) is 3.09. The number of likely N-dealkylation sites (tertiary alicyclic amines) is 1. The van der Waals surface area contributed by atoms with Crippen molar-refractivity contribution in [2.75, 3.05) is 0 Å². The zero-order valence-corrected chi connectivity index (χ0v) is 6.87. The number of carbonyl (C=O) groups is 3. The summed E-state index contributed by atoms with van der Waals surface area (Å²) in [5.41, 5.74) is 5.85. The summed E-state index contributed by atoms with van der Waals surface area (Å²) < 4.78 is 0. The Morgan fingerprint density at radius 2 is 1.62 bits per heavy atom. The van der Waals surface area contributed by atoms with Gasteiger partial charge in [0.25, 0.3) is 11.8 Å². The molecule has 0 spiro atoms. The quantitative estimate of drug-likeness (QED) is 0.529. The maximum atomic E-state index is 11.4. The average molecular weight is 180 g/mol. The number of carbonyl (C=O) groups excluding carboxylic acids is 3.